The molecule has 2 aromatic rings. The number of thiophene rings is 1. The van der Waals surface area contributed by atoms with Gasteiger partial charge in [0, 0.05) is 21.4 Å². The summed E-state index contributed by atoms with van der Waals surface area (Å²) < 4.78 is 14.0. The van der Waals surface area contributed by atoms with Gasteiger partial charge in [0.2, 0.25) is 0 Å². The molecule has 0 bridgehead atoms. The summed E-state index contributed by atoms with van der Waals surface area (Å²) >= 11 is 1.69. The van der Waals surface area contributed by atoms with Crippen molar-refractivity contribution in [2.24, 2.45) is 0 Å². The van der Waals surface area contributed by atoms with Gasteiger partial charge in [-0.25, -0.2) is 4.39 Å². The first-order valence-corrected chi connectivity index (χ1v) is 8.07. The van der Waals surface area contributed by atoms with E-state index in [9.17, 15) is 4.39 Å². The molecule has 1 atom stereocenters. The zero-order valence-electron chi connectivity index (χ0n) is 12.4. The van der Waals surface area contributed by atoms with E-state index in [1.807, 2.05) is 25.1 Å². The normalized spacial score (nSPS) is 12.6. The molecule has 3 heteroatoms. The van der Waals surface area contributed by atoms with Gasteiger partial charge in [0.25, 0.3) is 0 Å². The van der Waals surface area contributed by atoms with Crippen molar-refractivity contribution < 1.29 is 4.39 Å². The highest BCUT2D eigenvalue weighted by atomic mass is 32.1. The molecular formula is C17H22FNS. The third-order valence-electron chi connectivity index (χ3n) is 3.39. The van der Waals surface area contributed by atoms with Crippen LogP contribution >= 0.6 is 11.3 Å². The van der Waals surface area contributed by atoms with Crippen LogP contribution in [0.3, 0.4) is 0 Å². The number of aryl methyl sites for hydroxylation is 1. The summed E-state index contributed by atoms with van der Waals surface area (Å²) in [4.78, 5) is 2.31. The Kier molecular flexibility index (Phi) is 5.32. The molecule has 1 heterocycles. The molecule has 2 rings (SSSR count). The average Bonchev–Trinajstić information content (AvgIpc) is 2.88. The molecule has 1 unspecified atom stereocenters. The molecule has 1 nitrogen and oxygen atoms in total. The predicted molar refractivity (Wildman–Crippen MR) is 85.8 cm³/mol. The molecule has 20 heavy (non-hydrogen) atoms. The summed E-state index contributed by atoms with van der Waals surface area (Å²) in [5.74, 6) is -0.131. The molecule has 0 saturated heterocycles. The van der Waals surface area contributed by atoms with Gasteiger partial charge in [-0.05, 0) is 43.7 Å². The lowest BCUT2D eigenvalue weighted by atomic mass is 10.1. The maximum Gasteiger partial charge on any atom is 0.132 e. The topological polar surface area (TPSA) is 12.0 Å². The molecule has 1 aromatic heterocycles. The summed E-state index contributed by atoms with van der Waals surface area (Å²) in [6.07, 6.45) is 2.26. The molecule has 0 aliphatic rings. The molecule has 108 valence electrons. The van der Waals surface area contributed by atoms with E-state index in [0.717, 1.165) is 29.8 Å². The van der Waals surface area contributed by atoms with Gasteiger partial charge in [0.05, 0.1) is 0 Å². The number of hydrogen-bond donors (Lipinski definition) is 1. The fraction of sp³-hybridized carbons (Fsp3) is 0.412. The van der Waals surface area contributed by atoms with Crippen molar-refractivity contribution in [1.82, 2.24) is 5.32 Å². The fourth-order valence-electron chi connectivity index (χ4n) is 2.38. The second kappa shape index (κ2) is 7.00. The number of hydrogen-bond acceptors (Lipinski definition) is 2. The molecule has 1 aromatic carbocycles. The minimum absolute atomic E-state index is 0.131. The molecule has 0 aliphatic carbocycles. The van der Waals surface area contributed by atoms with Gasteiger partial charge in [-0.3, -0.25) is 0 Å². The van der Waals surface area contributed by atoms with Crippen molar-refractivity contribution in [3.8, 4) is 10.4 Å². The first kappa shape index (κ1) is 15.2. The maximum absolute atomic E-state index is 14.0. The van der Waals surface area contributed by atoms with Crippen molar-refractivity contribution in [2.75, 3.05) is 6.54 Å². The van der Waals surface area contributed by atoms with Gasteiger partial charge in [0.15, 0.2) is 0 Å². The van der Waals surface area contributed by atoms with Crippen LogP contribution < -0.4 is 5.32 Å². The van der Waals surface area contributed by atoms with Crippen molar-refractivity contribution in [3.63, 3.8) is 0 Å². The van der Waals surface area contributed by atoms with E-state index in [2.05, 4.69) is 25.2 Å². The summed E-state index contributed by atoms with van der Waals surface area (Å²) in [6.45, 7) is 7.18. The number of benzene rings is 1. The van der Waals surface area contributed by atoms with Crippen molar-refractivity contribution in [2.45, 2.75) is 39.7 Å². The van der Waals surface area contributed by atoms with Crippen LogP contribution in [0.1, 0.15) is 43.2 Å². The number of nitrogens with one attached hydrogen (secondary N) is 1. The van der Waals surface area contributed by atoms with E-state index in [1.54, 1.807) is 17.4 Å². The highest BCUT2D eigenvalue weighted by Crippen LogP contribution is 2.34. The Balaban J connectivity index is 2.27. The molecule has 0 amide bonds. The second-order valence-electron chi connectivity index (χ2n) is 5.08. The summed E-state index contributed by atoms with van der Waals surface area (Å²) in [5, 5.41) is 3.51. The van der Waals surface area contributed by atoms with Gasteiger partial charge < -0.3 is 5.32 Å². The SMILES string of the molecule is CCCC(NCC)c1ccc(-c2ccc(C)cc2F)s1. The highest BCUT2D eigenvalue weighted by Gasteiger charge is 2.14. The lowest BCUT2D eigenvalue weighted by Gasteiger charge is -2.15. The van der Waals surface area contributed by atoms with E-state index in [0.29, 0.717) is 11.6 Å². The quantitative estimate of drug-likeness (QED) is 0.760. The minimum atomic E-state index is -0.131. The van der Waals surface area contributed by atoms with Gasteiger partial charge in [-0.1, -0.05) is 32.4 Å². The van der Waals surface area contributed by atoms with Crippen molar-refractivity contribution in [1.29, 1.82) is 0 Å². The van der Waals surface area contributed by atoms with E-state index in [4.69, 9.17) is 0 Å². The summed E-state index contributed by atoms with van der Waals surface area (Å²) in [7, 11) is 0. The minimum Gasteiger partial charge on any atom is -0.310 e. The zero-order chi connectivity index (χ0) is 14.5. The van der Waals surface area contributed by atoms with Gasteiger partial charge in [-0.2, -0.15) is 0 Å². The Bertz CT molecular complexity index is 556. The smallest absolute Gasteiger partial charge is 0.132 e. The molecule has 0 spiro atoms. The standard InChI is InChI=1S/C17H22FNS/c1-4-6-15(19-5-2)17-10-9-16(20-17)13-8-7-12(3)11-14(13)18/h7-11,15,19H,4-6H2,1-3H3. The number of rotatable bonds is 6. The van der Waals surface area contributed by atoms with Crippen LogP contribution in [0.15, 0.2) is 30.3 Å². The Labute approximate surface area is 124 Å². The first-order chi connectivity index (χ1) is 9.65. The van der Waals surface area contributed by atoms with Crippen molar-refractivity contribution >= 4 is 11.3 Å². The second-order valence-corrected chi connectivity index (χ2v) is 6.20. The largest absolute Gasteiger partial charge is 0.310 e. The van der Waals surface area contributed by atoms with Crippen LogP contribution in [0, 0.1) is 12.7 Å². The molecular weight excluding hydrogens is 269 g/mol. The molecule has 0 saturated carbocycles. The lowest BCUT2D eigenvalue weighted by molar-refractivity contribution is 0.516. The van der Waals surface area contributed by atoms with Gasteiger partial charge in [-0.15, -0.1) is 11.3 Å². The maximum atomic E-state index is 14.0. The fourth-order valence-corrected chi connectivity index (χ4v) is 3.53. The van der Waals surface area contributed by atoms with E-state index in [-0.39, 0.29) is 5.82 Å². The Morgan fingerprint density at radius 3 is 2.65 bits per heavy atom. The van der Waals surface area contributed by atoms with Crippen molar-refractivity contribution in [3.05, 3.63) is 46.6 Å². The predicted octanol–water partition coefficient (Wildman–Crippen LogP) is 5.31. The number of halogens is 1. The van der Waals surface area contributed by atoms with Crippen LogP contribution in [0.5, 0.6) is 0 Å². The molecule has 0 radical (unpaired) electrons. The van der Waals surface area contributed by atoms with Crippen LogP contribution in [0.4, 0.5) is 4.39 Å². The summed E-state index contributed by atoms with van der Waals surface area (Å²) in [5.41, 5.74) is 1.66. The zero-order valence-corrected chi connectivity index (χ0v) is 13.2. The third-order valence-corrected chi connectivity index (χ3v) is 4.62. The molecule has 1 N–H and O–H groups in total. The summed E-state index contributed by atoms with van der Waals surface area (Å²) in [6, 6.07) is 9.99. The lowest BCUT2D eigenvalue weighted by Crippen LogP contribution is -2.19. The van der Waals surface area contributed by atoms with E-state index >= 15 is 0 Å². The monoisotopic (exact) mass is 291 g/mol. The van der Waals surface area contributed by atoms with Crippen LogP contribution in [-0.4, -0.2) is 6.54 Å². The Morgan fingerprint density at radius 2 is 2.00 bits per heavy atom. The Morgan fingerprint density at radius 1 is 1.20 bits per heavy atom. The van der Waals surface area contributed by atoms with E-state index < -0.39 is 0 Å². The van der Waals surface area contributed by atoms with Crippen LogP contribution in [0.25, 0.3) is 10.4 Å². The van der Waals surface area contributed by atoms with Crippen LogP contribution in [0.2, 0.25) is 0 Å². The van der Waals surface area contributed by atoms with Gasteiger partial charge in [0.1, 0.15) is 5.82 Å². The third kappa shape index (κ3) is 3.47. The van der Waals surface area contributed by atoms with Crippen LogP contribution in [-0.2, 0) is 0 Å². The molecule has 0 fully saturated rings. The Hall–Kier alpha value is -1.19. The van der Waals surface area contributed by atoms with E-state index in [1.165, 1.54) is 4.88 Å². The average molecular weight is 291 g/mol. The highest BCUT2D eigenvalue weighted by molar-refractivity contribution is 7.15. The first-order valence-electron chi connectivity index (χ1n) is 7.25. The van der Waals surface area contributed by atoms with Gasteiger partial charge >= 0.3 is 0 Å². The molecule has 0 aliphatic heterocycles.